The largest absolute Gasteiger partial charge is 0.346 e. The van der Waals surface area contributed by atoms with Crippen molar-refractivity contribution in [1.29, 1.82) is 5.26 Å². The molecule has 0 aromatic heterocycles. The van der Waals surface area contributed by atoms with E-state index in [-0.39, 0.29) is 0 Å². The summed E-state index contributed by atoms with van der Waals surface area (Å²) in [5.41, 5.74) is 1.50. The Labute approximate surface area is 98.6 Å². The smallest absolute Gasteiger partial charge is 0.316 e. The van der Waals surface area contributed by atoms with Crippen molar-refractivity contribution in [2.75, 3.05) is 18.0 Å². The molecule has 1 heterocycles. The average molecular weight is 229 g/mol. The van der Waals surface area contributed by atoms with E-state index in [1.54, 1.807) is 18.2 Å². The molecule has 2 rings (SSSR count). The van der Waals surface area contributed by atoms with Crippen LogP contribution in [0.1, 0.15) is 5.56 Å². The third-order valence-electron chi connectivity index (χ3n) is 2.57. The highest BCUT2D eigenvalue weighted by Crippen LogP contribution is 2.17. The first-order valence-electron chi connectivity index (χ1n) is 5.28. The van der Waals surface area contributed by atoms with Gasteiger partial charge in [0.25, 0.3) is 0 Å². The maximum atomic E-state index is 11.6. The van der Waals surface area contributed by atoms with Gasteiger partial charge in [-0.25, -0.2) is 0 Å². The van der Waals surface area contributed by atoms with Crippen LogP contribution >= 0.6 is 0 Å². The zero-order valence-corrected chi connectivity index (χ0v) is 9.14. The van der Waals surface area contributed by atoms with E-state index in [1.165, 1.54) is 4.90 Å². The fourth-order valence-electron chi connectivity index (χ4n) is 1.75. The van der Waals surface area contributed by atoms with Crippen molar-refractivity contribution in [3.63, 3.8) is 0 Å². The van der Waals surface area contributed by atoms with Crippen LogP contribution in [0.25, 0.3) is 0 Å². The third-order valence-corrected chi connectivity index (χ3v) is 2.57. The summed E-state index contributed by atoms with van der Waals surface area (Å²) in [6.45, 7) is 0.910. The number of nitrogens with one attached hydrogen (secondary N) is 1. The van der Waals surface area contributed by atoms with Crippen LogP contribution in [0, 0.1) is 11.3 Å². The van der Waals surface area contributed by atoms with Crippen LogP contribution in [0.15, 0.2) is 24.3 Å². The van der Waals surface area contributed by atoms with Gasteiger partial charge in [-0.1, -0.05) is 12.1 Å². The number of benzene rings is 1. The number of hydrogen-bond acceptors (Lipinski definition) is 3. The summed E-state index contributed by atoms with van der Waals surface area (Å²) in [5.74, 6) is -1.13. The Kier molecular flexibility index (Phi) is 3.06. The van der Waals surface area contributed by atoms with Crippen molar-refractivity contribution in [2.45, 2.75) is 6.42 Å². The summed E-state index contributed by atoms with van der Waals surface area (Å²) in [6, 6.07) is 9.18. The van der Waals surface area contributed by atoms with Crippen LogP contribution < -0.4 is 10.2 Å². The molecule has 5 nitrogen and oxygen atoms in total. The van der Waals surface area contributed by atoms with E-state index >= 15 is 0 Å². The Morgan fingerprint density at radius 3 is 3.00 bits per heavy atom. The molecule has 1 aliphatic rings. The molecule has 0 unspecified atom stereocenters. The van der Waals surface area contributed by atoms with Gasteiger partial charge in [0.1, 0.15) is 0 Å². The van der Waals surface area contributed by atoms with E-state index in [0.717, 1.165) is 5.56 Å². The van der Waals surface area contributed by atoms with Gasteiger partial charge in [-0.15, -0.1) is 0 Å². The summed E-state index contributed by atoms with van der Waals surface area (Å²) in [6.07, 6.45) is 0.294. The van der Waals surface area contributed by atoms with Crippen molar-refractivity contribution in [3.05, 3.63) is 29.8 Å². The summed E-state index contributed by atoms with van der Waals surface area (Å²) >= 11 is 0. The van der Waals surface area contributed by atoms with Crippen molar-refractivity contribution in [2.24, 2.45) is 0 Å². The predicted octanol–water partition coefficient (Wildman–Crippen LogP) is 0.215. The standard InChI is InChI=1S/C12H11N3O2/c13-5-4-9-2-1-3-10(8-9)15-7-6-14-11(16)12(15)17/h1-3,8H,4,6-7H2,(H,14,16). The van der Waals surface area contributed by atoms with Gasteiger partial charge >= 0.3 is 11.8 Å². The van der Waals surface area contributed by atoms with Gasteiger partial charge in [0.15, 0.2) is 0 Å². The van der Waals surface area contributed by atoms with Gasteiger partial charge in [-0.2, -0.15) is 5.26 Å². The lowest BCUT2D eigenvalue weighted by Crippen LogP contribution is -2.52. The highest BCUT2D eigenvalue weighted by molar-refractivity contribution is 6.41. The number of carbonyl (C=O) groups excluding carboxylic acids is 2. The van der Waals surface area contributed by atoms with Gasteiger partial charge in [-0.05, 0) is 17.7 Å². The first kappa shape index (κ1) is 11.1. The average Bonchev–Trinajstić information content (AvgIpc) is 2.33. The molecule has 0 aliphatic carbocycles. The molecule has 0 radical (unpaired) electrons. The molecular formula is C12H11N3O2. The number of nitrogens with zero attached hydrogens (tertiary/aromatic N) is 2. The first-order chi connectivity index (χ1) is 8.22. The van der Waals surface area contributed by atoms with Crippen LogP contribution in [-0.4, -0.2) is 24.9 Å². The van der Waals surface area contributed by atoms with E-state index < -0.39 is 11.8 Å². The Balaban J connectivity index is 2.27. The topological polar surface area (TPSA) is 73.2 Å². The maximum Gasteiger partial charge on any atom is 0.316 e. The second-order valence-corrected chi connectivity index (χ2v) is 3.72. The number of piperazine rings is 1. The summed E-state index contributed by atoms with van der Waals surface area (Å²) < 4.78 is 0. The highest BCUT2D eigenvalue weighted by atomic mass is 16.2. The monoisotopic (exact) mass is 229 g/mol. The van der Waals surface area contributed by atoms with Gasteiger partial charge in [-0.3, -0.25) is 9.59 Å². The molecule has 0 atom stereocenters. The van der Waals surface area contributed by atoms with Gasteiger partial charge in [0.05, 0.1) is 12.5 Å². The molecular weight excluding hydrogens is 218 g/mol. The SMILES string of the molecule is N#CCc1cccc(N2CCNC(=O)C2=O)c1. The van der Waals surface area contributed by atoms with Gasteiger partial charge in [0, 0.05) is 18.8 Å². The van der Waals surface area contributed by atoms with Crippen molar-refractivity contribution in [1.82, 2.24) is 5.32 Å². The second kappa shape index (κ2) is 4.66. The number of amides is 2. The number of anilines is 1. The molecule has 0 bridgehead atoms. The van der Waals surface area contributed by atoms with Crippen molar-refractivity contribution in [3.8, 4) is 6.07 Å². The number of rotatable bonds is 2. The predicted molar refractivity (Wildman–Crippen MR) is 61.1 cm³/mol. The summed E-state index contributed by atoms with van der Waals surface area (Å²) in [4.78, 5) is 24.3. The van der Waals surface area contributed by atoms with E-state index in [0.29, 0.717) is 25.2 Å². The molecule has 1 aliphatic heterocycles. The third kappa shape index (κ3) is 2.26. The molecule has 1 aromatic rings. The Morgan fingerprint density at radius 2 is 2.24 bits per heavy atom. The molecule has 17 heavy (non-hydrogen) atoms. The van der Waals surface area contributed by atoms with E-state index in [2.05, 4.69) is 11.4 Å². The van der Waals surface area contributed by atoms with E-state index in [1.807, 2.05) is 6.07 Å². The Hall–Kier alpha value is -2.35. The second-order valence-electron chi connectivity index (χ2n) is 3.72. The zero-order valence-electron chi connectivity index (χ0n) is 9.14. The maximum absolute atomic E-state index is 11.6. The lowest BCUT2D eigenvalue weighted by atomic mass is 10.1. The lowest BCUT2D eigenvalue weighted by Gasteiger charge is -2.26. The van der Waals surface area contributed by atoms with E-state index in [4.69, 9.17) is 5.26 Å². The molecule has 1 fully saturated rings. The van der Waals surface area contributed by atoms with Crippen LogP contribution in [0.2, 0.25) is 0 Å². The van der Waals surface area contributed by atoms with E-state index in [9.17, 15) is 9.59 Å². The fourth-order valence-corrected chi connectivity index (χ4v) is 1.75. The van der Waals surface area contributed by atoms with Crippen LogP contribution in [0.5, 0.6) is 0 Å². The molecule has 1 saturated heterocycles. The van der Waals surface area contributed by atoms with Crippen LogP contribution in [0.3, 0.4) is 0 Å². The van der Waals surface area contributed by atoms with Crippen molar-refractivity contribution >= 4 is 17.5 Å². The first-order valence-corrected chi connectivity index (χ1v) is 5.28. The van der Waals surface area contributed by atoms with Gasteiger partial charge < -0.3 is 10.2 Å². The molecule has 0 spiro atoms. The number of carbonyl (C=O) groups is 2. The summed E-state index contributed by atoms with van der Waals surface area (Å²) in [7, 11) is 0. The van der Waals surface area contributed by atoms with Crippen LogP contribution in [-0.2, 0) is 16.0 Å². The molecule has 86 valence electrons. The minimum absolute atomic E-state index is 0.294. The Morgan fingerprint density at radius 1 is 1.41 bits per heavy atom. The molecule has 5 heteroatoms. The quantitative estimate of drug-likeness (QED) is 0.737. The van der Waals surface area contributed by atoms with Crippen LogP contribution in [0.4, 0.5) is 5.69 Å². The molecule has 2 amide bonds. The highest BCUT2D eigenvalue weighted by Gasteiger charge is 2.27. The number of nitriles is 1. The zero-order chi connectivity index (χ0) is 12.3. The number of hydrogen-bond donors (Lipinski definition) is 1. The Bertz CT molecular complexity index is 505. The molecule has 0 saturated carbocycles. The van der Waals surface area contributed by atoms with Gasteiger partial charge in [0.2, 0.25) is 0 Å². The summed E-state index contributed by atoms with van der Waals surface area (Å²) in [5, 5.41) is 11.1. The normalized spacial score (nSPS) is 15.4. The molecule has 1 aromatic carbocycles. The minimum Gasteiger partial charge on any atom is -0.346 e. The lowest BCUT2D eigenvalue weighted by molar-refractivity contribution is -0.138. The molecule has 1 N–H and O–H groups in total. The van der Waals surface area contributed by atoms with Crippen molar-refractivity contribution < 1.29 is 9.59 Å². The minimum atomic E-state index is -0.582. The fraction of sp³-hybridized carbons (Fsp3) is 0.250.